The van der Waals surface area contributed by atoms with Crippen molar-refractivity contribution >= 4 is 0 Å². The Balaban J connectivity index is 3.25. The van der Waals surface area contributed by atoms with Crippen molar-refractivity contribution in [2.24, 2.45) is 0 Å². The van der Waals surface area contributed by atoms with Crippen LogP contribution in [0.25, 0.3) is 0 Å². The lowest BCUT2D eigenvalue weighted by Gasteiger charge is -1.91. The Labute approximate surface area is 50.3 Å². The van der Waals surface area contributed by atoms with Crippen molar-refractivity contribution in [2.75, 3.05) is 6.61 Å². The number of aliphatic hydroxyl groups excluding tert-OH is 1. The summed E-state index contributed by atoms with van der Waals surface area (Å²) in [5, 5.41) is 8.43. The van der Waals surface area contributed by atoms with Gasteiger partial charge >= 0.3 is 0 Å². The van der Waals surface area contributed by atoms with Gasteiger partial charge < -0.3 is 5.11 Å². The molecule has 1 nitrogen and oxygen atoms in total. The highest BCUT2D eigenvalue weighted by Gasteiger charge is 1.82. The van der Waals surface area contributed by atoms with Crippen molar-refractivity contribution in [3.8, 4) is 0 Å². The van der Waals surface area contributed by atoms with Gasteiger partial charge in [-0.05, 0) is 18.9 Å². The van der Waals surface area contributed by atoms with E-state index in [4.69, 9.17) is 5.11 Å². The van der Waals surface area contributed by atoms with Crippen LogP contribution in [-0.2, 0) is 0 Å². The highest BCUT2D eigenvalue weighted by molar-refractivity contribution is 5.00. The summed E-state index contributed by atoms with van der Waals surface area (Å²) in [6.45, 7) is 5.66. The Morgan fingerprint density at radius 2 is 2.38 bits per heavy atom. The molecule has 0 spiro atoms. The van der Waals surface area contributed by atoms with E-state index in [-0.39, 0.29) is 6.61 Å². The molecule has 0 aliphatic rings. The molecule has 0 bridgehead atoms. The molecule has 1 heteroatoms. The Bertz CT molecular complexity index is 92.6. The van der Waals surface area contributed by atoms with Crippen molar-refractivity contribution in [3.05, 3.63) is 24.3 Å². The van der Waals surface area contributed by atoms with Gasteiger partial charge in [-0.2, -0.15) is 0 Å². The summed E-state index contributed by atoms with van der Waals surface area (Å²) in [6.07, 6.45) is 4.71. The van der Waals surface area contributed by atoms with Crippen LogP contribution in [0.5, 0.6) is 0 Å². The lowest BCUT2D eigenvalue weighted by molar-refractivity contribution is 0.329. The Morgan fingerprint density at radius 1 is 1.75 bits per heavy atom. The van der Waals surface area contributed by atoms with Gasteiger partial charge in [0.05, 0.1) is 6.61 Å². The zero-order valence-corrected chi connectivity index (χ0v) is 5.22. The fourth-order valence-corrected chi connectivity index (χ4v) is 0.349. The zero-order chi connectivity index (χ0) is 6.41. The van der Waals surface area contributed by atoms with Crippen molar-refractivity contribution < 1.29 is 5.11 Å². The fraction of sp³-hybridized carbons (Fsp3) is 0.429. The highest BCUT2D eigenvalue weighted by atomic mass is 16.3. The molecule has 0 aliphatic heterocycles. The van der Waals surface area contributed by atoms with Gasteiger partial charge in [0.15, 0.2) is 0 Å². The first-order valence-corrected chi connectivity index (χ1v) is 2.70. The maximum absolute atomic E-state index is 8.43. The normalized spacial score (nSPS) is 10.2. The predicted octanol–water partition coefficient (Wildman–Crippen LogP) is 1.50. The van der Waals surface area contributed by atoms with Gasteiger partial charge in [-0.1, -0.05) is 18.7 Å². The first-order valence-electron chi connectivity index (χ1n) is 2.70. The molecule has 0 aromatic rings. The van der Waals surface area contributed by atoms with E-state index in [1.54, 1.807) is 0 Å². The topological polar surface area (TPSA) is 20.2 Å². The Morgan fingerprint density at radius 3 is 2.75 bits per heavy atom. The Hall–Kier alpha value is -0.560. The van der Waals surface area contributed by atoms with Gasteiger partial charge in [0.1, 0.15) is 0 Å². The summed E-state index contributed by atoms with van der Waals surface area (Å²) in [6, 6.07) is 0. The van der Waals surface area contributed by atoms with E-state index >= 15 is 0 Å². The molecule has 0 saturated heterocycles. The molecule has 46 valence electrons. The largest absolute Gasteiger partial charge is 0.392 e. The molecule has 0 saturated carbocycles. The molecule has 0 radical (unpaired) electrons. The van der Waals surface area contributed by atoms with Crippen LogP contribution in [0.1, 0.15) is 13.3 Å². The van der Waals surface area contributed by atoms with Gasteiger partial charge in [0.25, 0.3) is 0 Å². The smallest absolute Gasteiger partial charge is 0.0642 e. The van der Waals surface area contributed by atoms with Crippen LogP contribution in [0.3, 0.4) is 0 Å². The molecule has 0 heterocycles. The maximum Gasteiger partial charge on any atom is 0.0642 e. The number of allylic oxidation sites excluding steroid dienone is 2. The molecule has 0 atom stereocenters. The average Bonchev–Trinajstić information content (AvgIpc) is 1.83. The first-order chi connectivity index (χ1) is 3.81. The molecule has 0 aromatic heterocycles. The van der Waals surface area contributed by atoms with Crippen molar-refractivity contribution in [2.45, 2.75) is 13.3 Å². The summed E-state index contributed by atoms with van der Waals surface area (Å²) in [4.78, 5) is 0. The van der Waals surface area contributed by atoms with E-state index < -0.39 is 0 Å². The van der Waals surface area contributed by atoms with E-state index in [0.717, 1.165) is 12.0 Å². The number of rotatable bonds is 3. The fourth-order valence-electron chi connectivity index (χ4n) is 0.349. The molecular weight excluding hydrogens is 100 g/mol. The van der Waals surface area contributed by atoms with Crippen molar-refractivity contribution in [3.63, 3.8) is 0 Å². The number of aliphatic hydroxyl groups is 1. The molecule has 0 fully saturated rings. The van der Waals surface area contributed by atoms with Crippen LogP contribution in [0.2, 0.25) is 0 Å². The number of hydrogen-bond acceptors (Lipinski definition) is 1. The van der Waals surface area contributed by atoms with Crippen LogP contribution >= 0.6 is 0 Å². The zero-order valence-electron chi connectivity index (χ0n) is 5.22. The summed E-state index contributed by atoms with van der Waals surface area (Å²) in [7, 11) is 0. The highest BCUT2D eigenvalue weighted by Crippen LogP contribution is 1.95. The van der Waals surface area contributed by atoms with E-state index in [1.807, 2.05) is 19.1 Å². The Kier molecular flexibility index (Phi) is 4.27. The standard InChI is InChI=1S/C7H12O/c1-3-4-5-7(2)6-8/h3-4,8H,2,5-6H2,1H3. The summed E-state index contributed by atoms with van der Waals surface area (Å²) in [5.41, 5.74) is 0.864. The minimum Gasteiger partial charge on any atom is -0.392 e. The second-order valence-corrected chi connectivity index (χ2v) is 1.68. The molecule has 0 rings (SSSR count). The van der Waals surface area contributed by atoms with E-state index in [0.29, 0.717) is 0 Å². The van der Waals surface area contributed by atoms with Gasteiger partial charge in [0.2, 0.25) is 0 Å². The van der Waals surface area contributed by atoms with Gasteiger partial charge in [-0.15, -0.1) is 0 Å². The van der Waals surface area contributed by atoms with Gasteiger partial charge in [0, 0.05) is 0 Å². The minimum atomic E-state index is 0.102. The third kappa shape index (κ3) is 3.62. The number of hydrogen-bond donors (Lipinski definition) is 1. The molecule has 0 unspecified atom stereocenters. The average molecular weight is 112 g/mol. The van der Waals surface area contributed by atoms with Gasteiger partial charge in [-0.3, -0.25) is 0 Å². The van der Waals surface area contributed by atoms with E-state index in [1.165, 1.54) is 0 Å². The van der Waals surface area contributed by atoms with Crippen LogP contribution in [0.4, 0.5) is 0 Å². The summed E-state index contributed by atoms with van der Waals surface area (Å²) >= 11 is 0. The SMILES string of the molecule is C=C(CO)CC=CC. The van der Waals surface area contributed by atoms with Crippen LogP contribution in [0, 0.1) is 0 Å². The van der Waals surface area contributed by atoms with E-state index in [9.17, 15) is 0 Å². The van der Waals surface area contributed by atoms with Crippen LogP contribution in [0.15, 0.2) is 24.3 Å². The monoisotopic (exact) mass is 112 g/mol. The first kappa shape index (κ1) is 7.44. The summed E-state index contributed by atoms with van der Waals surface area (Å²) < 4.78 is 0. The molecular formula is C7H12O. The molecule has 0 aromatic carbocycles. The van der Waals surface area contributed by atoms with Crippen LogP contribution < -0.4 is 0 Å². The minimum absolute atomic E-state index is 0.102. The second-order valence-electron chi connectivity index (χ2n) is 1.68. The van der Waals surface area contributed by atoms with Gasteiger partial charge in [-0.25, -0.2) is 0 Å². The molecule has 0 amide bonds. The van der Waals surface area contributed by atoms with E-state index in [2.05, 4.69) is 6.58 Å². The van der Waals surface area contributed by atoms with Crippen molar-refractivity contribution in [1.82, 2.24) is 0 Å². The summed E-state index contributed by atoms with van der Waals surface area (Å²) in [5.74, 6) is 0. The quantitative estimate of drug-likeness (QED) is 0.548. The molecule has 8 heavy (non-hydrogen) atoms. The van der Waals surface area contributed by atoms with Crippen LogP contribution in [-0.4, -0.2) is 11.7 Å². The predicted molar refractivity (Wildman–Crippen MR) is 35.7 cm³/mol. The third-order valence-corrected chi connectivity index (χ3v) is 0.866. The molecule has 1 N–H and O–H groups in total. The lowest BCUT2D eigenvalue weighted by atomic mass is 10.2. The van der Waals surface area contributed by atoms with Crippen molar-refractivity contribution in [1.29, 1.82) is 0 Å². The third-order valence-electron chi connectivity index (χ3n) is 0.866. The maximum atomic E-state index is 8.43. The second kappa shape index (κ2) is 4.60. The lowest BCUT2D eigenvalue weighted by Crippen LogP contribution is -1.84. The molecule has 0 aliphatic carbocycles.